The Kier molecular flexibility index (Phi) is 4.80. The number of anilines is 1. The summed E-state index contributed by atoms with van der Waals surface area (Å²) in [5.74, 6) is -0.515. The van der Waals surface area contributed by atoms with Crippen molar-refractivity contribution < 1.29 is 17.6 Å². The van der Waals surface area contributed by atoms with E-state index in [0.717, 1.165) is 22.9 Å². The van der Waals surface area contributed by atoms with Crippen molar-refractivity contribution in [3.8, 4) is 0 Å². The van der Waals surface area contributed by atoms with Gasteiger partial charge in [0.05, 0.1) is 0 Å². The molecule has 0 radical (unpaired) electrons. The third kappa shape index (κ3) is 3.40. The van der Waals surface area contributed by atoms with Crippen molar-refractivity contribution in [1.82, 2.24) is 4.31 Å². The molecule has 0 spiro atoms. The van der Waals surface area contributed by atoms with Crippen molar-refractivity contribution in [2.75, 3.05) is 18.4 Å². The van der Waals surface area contributed by atoms with Crippen LogP contribution in [0.4, 0.5) is 5.69 Å². The highest BCUT2D eigenvalue weighted by Gasteiger charge is 2.30. The van der Waals surface area contributed by atoms with Gasteiger partial charge in [0, 0.05) is 23.2 Å². The molecule has 1 aliphatic rings. The highest BCUT2D eigenvalue weighted by molar-refractivity contribution is 9.10. The molecule has 1 aromatic heterocycles. The van der Waals surface area contributed by atoms with Crippen molar-refractivity contribution >= 4 is 37.5 Å². The van der Waals surface area contributed by atoms with Gasteiger partial charge in [0.25, 0.3) is 15.9 Å². The Morgan fingerprint density at radius 2 is 1.92 bits per heavy atom. The summed E-state index contributed by atoms with van der Waals surface area (Å²) in [6, 6.07) is 8.17. The fraction of sp³-hybridized carbons (Fsp3) is 0.312. The van der Waals surface area contributed by atoms with E-state index >= 15 is 0 Å². The summed E-state index contributed by atoms with van der Waals surface area (Å²) in [6.45, 7) is 2.84. The van der Waals surface area contributed by atoms with E-state index in [1.807, 2.05) is 19.1 Å². The first-order valence-corrected chi connectivity index (χ1v) is 9.79. The van der Waals surface area contributed by atoms with Crippen molar-refractivity contribution in [3.63, 3.8) is 0 Å². The average molecular weight is 413 g/mol. The number of nitrogens with one attached hydrogen (secondary N) is 1. The van der Waals surface area contributed by atoms with Crippen LogP contribution >= 0.6 is 15.9 Å². The van der Waals surface area contributed by atoms with Gasteiger partial charge in [0.15, 0.2) is 5.76 Å². The molecule has 6 nitrogen and oxygen atoms in total. The Balaban J connectivity index is 1.78. The molecule has 0 aliphatic carbocycles. The van der Waals surface area contributed by atoms with E-state index in [9.17, 15) is 13.2 Å². The maximum Gasteiger partial charge on any atom is 0.291 e. The van der Waals surface area contributed by atoms with Crippen molar-refractivity contribution in [2.24, 2.45) is 0 Å². The molecule has 0 bridgehead atoms. The molecule has 1 aromatic carbocycles. The molecule has 1 saturated heterocycles. The standard InChI is InChI=1S/C16H17BrN2O4S/c1-11-10-12(17)4-5-13(11)18-16(20)14-6-7-15(23-14)24(21,22)19-8-2-3-9-19/h4-7,10H,2-3,8-9H2,1H3,(H,18,20). The molecule has 0 unspecified atom stereocenters. The monoisotopic (exact) mass is 412 g/mol. The molecule has 1 aliphatic heterocycles. The zero-order valence-electron chi connectivity index (χ0n) is 13.1. The number of aryl methyl sites for hydroxylation is 1. The van der Waals surface area contributed by atoms with Crippen molar-refractivity contribution in [1.29, 1.82) is 0 Å². The fourth-order valence-corrected chi connectivity index (χ4v) is 4.49. The first-order chi connectivity index (χ1) is 11.4. The van der Waals surface area contributed by atoms with Gasteiger partial charge in [-0.2, -0.15) is 4.31 Å². The van der Waals surface area contributed by atoms with Crippen molar-refractivity contribution in [2.45, 2.75) is 24.9 Å². The van der Waals surface area contributed by atoms with Gasteiger partial charge in [-0.3, -0.25) is 4.79 Å². The molecular formula is C16H17BrN2O4S. The number of nitrogens with zero attached hydrogens (tertiary/aromatic N) is 1. The van der Waals surface area contributed by atoms with Crippen LogP contribution in [-0.4, -0.2) is 31.7 Å². The summed E-state index contributed by atoms with van der Waals surface area (Å²) in [5, 5.41) is 2.53. The predicted molar refractivity (Wildman–Crippen MR) is 93.5 cm³/mol. The van der Waals surface area contributed by atoms with Crippen molar-refractivity contribution in [3.05, 3.63) is 46.1 Å². The van der Waals surface area contributed by atoms with Gasteiger partial charge in [0.2, 0.25) is 5.09 Å². The van der Waals surface area contributed by atoms with Crippen LogP contribution in [0.5, 0.6) is 0 Å². The number of hydrogen-bond acceptors (Lipinski definition) is 4. The molecule has 2 aromatic rings. The van der Waals surface area contributed by atoms with Crippen LogP contribution < -0.4 is 5.32 Å². The first kappa shape index (κ1) is 17.2. The SMILES string of the molecule is Cc1cc(Br)ccc1NC(=O)c1ccc(S(=O)(=O)N2CCCC2)o1. The summed E-state index contributed by atoms with van der Waals surface area (Å²) >= 11 is 3.36. The number of carbonyl (C=O) groups is 1. The molecule has 1 N–H and O–H groups in total. The molecule has 0 atom stereocenters. The topological polar surface area (TPSA) is 79.6 Å². The van der Waals surface area contributed by atoms with Gasteiger partial charge in [-0.1, -0.05) is 15.9 Å². The molecular weight excluding hydrogens is 396 g/mol. The lowest BCUT2D eigenvalue weighted by atomic mass is 10.2. The average Bonchev–Trinajstić information content (AvgIpc) is 3.21. The van der Waals surface area contributed by atoms with Crippen LogP contribution in [0.3, 0.4) is 0 Å². The van der Waals surface area contributed by atoms with E-state index < -0.39 is 15.9 Å². The molecule has 3 rings (SSSR count). The Labute approximate surface area is 149 Å². The number of furan rings is 1. The highest BCUT2D eigenvalue weighted by Crippen LogP contribution is 2.24. The van der Waals surface area contributed by atoms with Crippen LogP contribution in [0, 0.1) is 6.92 Å². The number of sulfonamides is 1. The number of rotatable bonds is 4. The molecule has 2 heterocycles. The number of amides is 1. The molecule has 1 fully saturated rings. The number of hydrogen-bond donors (Lipinski definition) is 1. The lowest BCUT2D eigenvalue weighted by Crippen LogP contribution is -2.27. The predicted octanol–water partition coefficient (Wildman–Crippen LogP) is 3.39. The Morgan fingerprint density at radius 3 is 2.58 bits per heavy atom. The summed E-state index contributed by atoms with van der Waals surface area (Å²) in [6.07, 6.45) is 1.69. The van der Waals surface area contributed by atoms with Crippen LogP contribution in [0.15, 0.2) is 44.3 Å². The second-order valence-corrected chi connectivity index (χ2v) is 8.43. The Hall–Kier alpha value is -1.64. The molecule has 128 valence electrons. The zero-order chi connectivity index (χ0) is 17.3. The third-order valence-electron chi connectivity index (χ3n) is 3.90. The van der Waals surface area contributed by atoms with Gasteiger partial charge < -0.3 is 9.73 Å². The lowest BCUT2D eigenvalue weighted by Gasteiger charge is -2.12. The molecule has 8 heteroatoms. The molecule has 1 amide bonds. The normalized spacial score (nSPS) is 15.6. The van der Waals surface area contributed by atoms with E-state index in [-0.39, 0.29) is 10.9 Å². The molecule has 24 heavy (non-hydrogen) atoms. The van der Waals surface area contributed by atoms with E-state index in [4.69, 9.17) is 4.42 Å². The van der Waals surface area contributed by atoms with Crippen LogP contribution in [0.2, 0.25) is 0 Å². The van der Waals surface area contributed by atoms with E-state index in [1.54, 1.807) is 6.07 Å². The van der Waals surface area contributed by atoms with Gasteiger partial charge in [-0.25, -0.2) is 8.42 Å². The van der Waals surface area contributed by atoms with Crippen LogP contribution in [0.1, 0.15) is 29.0 Å². The maximum atomic E-state index is 12.4. The van der Waals surface area contributed by atoms with Crippen LogP contribution in [-0.2, 0) is 10.0 Å². The number of carbonyl (C=O) groups excluding carboxylic acids is 1. The highest BCUT2D eigenvalue weighted by atomic mass is 79.9. The fourth-order valence-electron chi connectivity index (χ4n) is 2.59. The minimum Gasteiger partial charge on any atom is -0.438 e. The smallest absolute Gasteiger partial charge is 0.291 e. The zero-order valence-corrected chi connectivity index (χ0v) is 15.5. The van der Waals surface area contributed by atoms with Gasteiger partial charge in [-0.05, 0) is 55.7 Å². The third-order valence-corrected chi connectivity index (χ3v) is 6.17. The van der Waals surface area contributed by atoms with Crippen LogP contribution in [0.25, 0.3) is 0 Å². The minimum atomic E-state index is -3.66. The first-order valence-electron chi connectivity index (χ1n) is 7.55. The largest absolute Gasteiger partial charge is 0.438 e. The number of halogens is 1. The summed E-state index contributed by atoms with van der Waals surface area (Å²) in [5.41, 5.74) is 1.53. The quantitative estimate of drug-likeness (QED) is 0.834. The second kappa shape index (κ2) is 6.70. The van der Waals surface area contributed by atoms with E-state index in [1.165, 1.54) is 16.4 Å². The van der Waals surface area contributed by atoms with Gasteiger partial charge in [0.1, 0.15) is 0 Å². The second-order valence-electron chi connectivity index (χ2n) is 5.64. The maximum absolute atomic E-state index is 12.4. The summed E-state index contributed by atoms with van der Waals surface area (Å²) in [4.78, 5) is 12.3. The molecule has 0 saturated carbocycles. The number of benzene rings is 1. The van der Waals surface area contributed by atoms with E-state index in [0.29, 0.717) is 18.8 Å². The Bertz CT molecular complexity index is 870. The van der Waals surface area contributed by atoms with Gasteiger partial charge in [-0.15, -0.1) is 0 Å². The summed E-state index contributed by atoms with van der Waals surface area (Å²) in [7, 11) is -3.66. The Morgan fingerprint density at radius 1 is 1.21 bits per heavy atom. The van der Waals surface area contributed by atoms with E-state index in [2.05, 4.69) is 21.2 Å². The summed E-state index contributed by atoms with van der Waals surface area (Å²) < 4.78 is 32.4. The van der Waals surface area contributed by atoms with Gasteiger partial charge >= 0.3 is 0 Å². The lowest BCUT2D eigenvalue weighted by molar-refractivity contribution is 0.0991. The minimum absolute atomic E-state index is 0.0323.